The minimum absolute atomic E-state index is 0. The number of unbranched alkanes of at least 4 members (excludes halogenated alkanes) is 15. The van der Waals surface area contributed by atoms with E-state index in [1.54, 1.807) is 0 Å². The van der Waals surface area contributed by atoms with Crippen LogP contribution in [0.1, 0.15) is 136 Å². The summed E-state index contributed by atoms with van der Waals surface area (Å²) in [6, 6.07) is 0. The van der Waals surface area contributed by atoms with Gasteiger partial charge in [-0.3, -0.25) is 0 Å². The van der Waals surface area contributed by atoms with E-state index >= 15 is 0 Å². The number of hydrogen-bond donors (Lipinski definition) is 0. The molecule has 0 bridgehead atoms. The van der Waals surface area contributed by atoms with Crippen molar-refractivity contribution in [1.82, 2.24) is 0 Å². The van der Waals surface area contributed by atoms with E-state index in [9.17, 15) is 43.1 Å². The van der Waals surface area contributed by atoms with Crippen molar-refractivity contribution in [3.05, 3.63) is 0 Å². The molecule has 38 heavy (non-hydrogen) atoms. The fourth-order valence-corrected chi connectivity index (χ4v) is 5.09. The molecule has 0 spiro atoms. The van der Waals surface area contributed by atoms with E-state index in [1.165, 1.54) is 38.5 Å². The molecule has 0 saturated heterocycles. The van der Waals surface area contributed by atoms with Crippen LogP contribution in [0.25, 0.3) is 0 Å². The molecule has 0 aliphatic heterocycles. The van der Waals surface area contributed by atoms with E-state index in [0.29, 0.717) is 19.3 Å². The molecule has 0 rings (SSSR count). The van der Waals surface area contributed by atoms with Crippen molar-refractivity contribution < 1.29 is 76.6 Å². The van der Waals surface area contributed by atoms with Crippen LogP contribution >= 0.6 is 22.8 Å². The molecule has 14 heteroatoms. The van der Waals surface area contributed by atoms with Crippen molar-refractivity contribution in [1.29, 1.82) is 0 Å². The van der Waals surface area contributed by atoms with Gasteiger partial charge in [0.15, 0.2) is 0 Å². The maximum atomic E-state index is 10.2. The van der Waals surface area contributed by atoms with Gasteiger partial charge in [-0.1, -0.05) is 140 Å². The van der Waals surface area contributed by atoms with Crippen molar-refractivity contribution in [3.8, 4) is 0 Å². The third kappa shape index (κ3) is 61.5. The number of rotatable bonds is 21. The Hall–Kier alpha value is 1.46. The van der Waals surface area contributed by atoms with Crippen molar-refractivity contribution in [2.24, 2.45) is 0 Å². The summed E-state index contributed by atoms with van der Waals surface area (Å²) in [4.78, 5) is 61.2. The Bertz CT molecular complexity index is 516. The second-order valence-electron chi connectivity index (χ2n) is 9.31. The third-order valence-electron chi connectivity index (χ3n) is 5.36. The first-order chi connectivity index (χ1) is 16.7. The van der Waals surface area contributed by atoms with Gasteiger partial charge in [0.1, 0.15) is 0 Å². The molecule has 0 N–H and O–H groups in total. The van der Waals surface area contributed by atoms with Crippen LogP contribution in [0, 0.1) is 0 Å². The first kappa shape index (κ1) is 49.2. The molecule has 0 aliphatic carbocycles. The Morgan fingerprint density at radius 2 is 0.500 bits per heavy atom. The summed E-state index contributed by atoms with van der Waals surface area (Å²) in [6.07, 6.45) is 17.5. The third-order valence-corrected chi connectivity index (χ3v) is 7.95. The van der Waals surface area contributed by atoms with Gasteiger partial charge in [0, 0.05) is 0 Å². The smallest absolute Gasteiger partial charge is 0.811 e. The minimum atomic E-state index is -4.22. The SMILES string of the molecule is CCCCCCCCP(=O)([O-])[O-].CCCCCCCCP(=O)([O-])[O-].CCCCCCCCP(=O)([O-])[O-].[Co+3].[Co+3]. The average Bonchev–Trinajstić information content (AvgIpc) is 2.74. The summed E-state index contributed by atoms with van der Waals surface area (Å²) in [7, 11) is -12.7. The minimum Gasteiger partial charge on any atom is -0.811 e. The van der Waals surface area contributed by atoms with Gasteiger partial charge in [-0.15, -0.1) is 0 Å². The molecular weight excluding hydrogens is 643 g/mol. The fraction of sp³-hybridized carbons (Fsp3) is 1.00. The van der Waals surface area contributed by atoms with Crippen LogP contribution in [-0.2, 0) is 47.3 Å². The molecule has 9 nitrogen and oxygen atoms in total. The molecule has 0 radical (unpaired) electrons. The zero-order valence-electron chi connectivity index (χ0n) is 23.5. The first-order valence-electron chi connectivity index (χ1n) is 13.7. The van der Waals surface area contributed by atoms with Crippen LogP contribution in [0.3, 0.4) is 0 Å². The van der Waals surface area contributed by atoms with Crippen LogP contribution < -0.4 is 29.4 Å². The fourth-order valence-electron chi connectivity index (χ4n) is 3.26. The molecule has 0 amide bonds. The summed E-state index contributed by atoms with van der Waals surface area (Å²) in [5, 5.41) is 0. The largest absolute Gasteiger partial charge is 3.00 e. The Labute approximate surface area is 253 Å². The van der Waals surface area contributed by atoms with Crippen molar-refractivity contribution in [3.63, 3.8) is 0 Å². The van der Waals surface area contributed by atoms with E-state index in [2.05, 4.69) is 20.8 Å². The van der Waals surface area contributed by atoms with Gasteiger partial charge in [0.2, 0.25) is 0 Å². The van der Waals surface area contributed by atoms with Crippen LogP contribution in [0.2, 0.25) is 0 Å². The molecule has 0 heterocycles. The summed E-state index contributed by atoms with van der Waals surface area (Å²) < 4.78 is 30.6. The molecule has 0 aromatic rings. The van der Waals surface area contributed by atoms with Gasteiger partial charge in [0.05, 0.1) is 0 Å². The van der Waals surface area contributed by atoms with Crippen molar-refractivity contribution in [2.75, 3.05) is 18.5 Å². The normalized spacial score (nSPS) is 11.3. The Balaban J connectivity index is -0.000000140. The average molecular weight is 694 g/mol. The first-order valence-corrected chi connectivity index (χ1v) is 18.9. The monoisotopic (exact) mass is 694 g/mol. The van der Waals surface area contributed by atoms with E-state index in [1.807, 2.05) is 0 Å². The molecular formula is C24H51Co2O9P3. The summed E-state index contributed by atoms with van der Waals surface area (Å²) in [5.41, 5.74) is 0. The van der Waals surface area contributed by atoms with Gasteiger partial charge in [0.25, 0.3) is 0 Å². The maximum Gasteiger partial charge on any atom is 3.00 e. The van der Waals surface area contributed by atoms with Crippen molar-refractivity contribution in [2.45, 2.75) is 136 Å². The van der Waals surface area contributed by atoms with Gasteiger partial charge < -0.3 is 43.1 Å². The Kier molecular flexibility index (Phi) is 42.6. The summed E-state index contributed by atoms with van der Waals surface area (Å²) in [5.74, 6) is 0. The van der Waals surface area contributed by atoms with Gasteiger partial charge in [-0.25, -0.2) is 0 Å². The zero-order chi connectivity index (χ0) is 28.3. The van der Waals surface area contributed by atoms with Crippen LogP contribution in [-0.4, -0.2) is 18.5 Å². The molecule has 234 valence electrons. The summed E-state index contributed by atoms with van der Waals surface area (Å²) in [6.45, 7) is 6.39. The molecule has 0 unspecified atom stereocenters. The summed E-state index contributed by atoms with van der Waals surface area (Å²) >= 11 is 0. The second-order valence-corrected chi connectivity index (χ2v) is 14.3. The van der Waals surface area contributed by atoms with E-state index in [0.717, 1.165) is 57.8 Å². The Morgan fingerprint density at radius 1 is 0.342 bits per heavy atom. The quantitative estimate of drug-likeness (QED) is 0.127. The predicted molar refractivity (Wildman–Crippen MR) is 138 cm³/mol. The van der Waals surface area contributed by atoms with Crippen LogP contribution in [0.4, 0.5) is 0 Å². The molecule has 0 aliphatic rings. The van der Waals surface area contributed by atoms with E-state index in [4.69, 9.17) is 0 Å². The topological polar surface area (TPSA) is 190 Å². The second kappa shape index (κ2) is 33.0. The van der Waals surface area contributed by atoms with Gasteiger partial charge in [-0.05, 0) is 37.7 Å². The standard InChI is InChI=1S/3C8H19O3P.2Co/c3*1-2-3-4-5-6-7-8-12(9,10)11;;/h3*2-8H2,1H3,(H2,9,10,11);;/q;;;2*+3/p-6. The zero-order valence-corrected chi connectivity index (χ0v) is 28.3. The molecule has 0 atom stereocenters. The number of hydrogen-bond acceptors (Lipinski definition) is 9. The van der Waals surface area contributed by atoms with Crippen molar-refractivity contribution >= 4 is 22.8 Å². The molecule has 0 aromatic carbocycles. The van der Waals surface area contributed by atoms with Crippen LogP contribution in [0.5, 0.6) is 0 Å². The maximum absolute atomic E-state index is 10.2. The molecule has 0 saturated carbocycles. The van der Waals surface area contributed by atoms with Gasteiger partial charge in [-0.2, -0.15) is 0 Å². The van der Waals surface area contributed by atoms with E-state index in [-0.39, 0.29) is 52.0 Å². The molecule has 0 fully saturated rings. The van der Waals surface area contributed by atoms with Crippen LogP contribution in [0.15, 0.2) is 0 Å². The van der Waals surface area contributed by atoms with E-state index < -0.39 is 22.8 Å². The molecule has 0 aromatic heterocycles. The Morgan fingerprint density at radius 3 is 0.658 bits per heavy atom. The van der Waals surface area contributed by atoms with Gasteiger partial charge >= 0.3 is 33.6 Å². The predicted octanol–water partition coefficient (Wildman–Crippen LogP) is 3.78.